The molecule has 1 amide bonds. The number of nitrogens with zero attached hydrogens (tertiary/aromatic N) is 3. The van der Waals surface area contributed by atoms with E-state index in [0.29, 0.717) is 11.9 Å². The predicted molar refractivity (Wildman–Crippen MR) is 78.7 cm³/mol. The van der Waals surface area contributed by atoms with Crippen molar-refractivity contribution in [2.75, 3.05) is 31.6 Å². The minimum absolute atomic E-state index is 0.272. The molecule has 0 saturated carbocycles. The molecule has 2 atom stereocenters. The molecular formula is C15H22N4O. The Morgan fingerprint density at radius 3 is 2.95 bits per heavy atom. The molecule has 5 nitrogen and oxygen atoms in total. The fourth-order valence-corrected chi connectivity index (χ4v) is 3.09. The zero-order chi connectivity index (χ0) is 14.1. The standard InChI is InChI=1S/C15H22N4O/c1-11(16-2)14-5-3-12(9-17-14)18-7-8-19-13(10-18)4-6-15(19)20/h3,5,9,11,13,16H,4,6-8,10H2,1-2H3. The first kappa shape index (κ1) is 13.4. The zero-order valence-electron chi connectivity index (χ0n) is 12.2. The summed E-state index contributed by atoms with van der Waals surface area (Å²) in [4.78, 5) is 20.6. The van der Waals surface area contributed by atoms with E-state index < -0.39 is 0 Å². The highest BCUT2D eigenvalue weighted by molar-refractivity contribution is 5.79. The zero-order valence-corrected chi connectivity index (χ0v) is 12.2. The summed E-state index contributed by atoms with van der Waals surface area (Å²) in [5.41, 5.74) is 2.22. The molecule has 0 bridgehead atoms. The van der Waals surface area contributed by atoms with Crippen molar-refractivity contribution in [1.82, 2.24) is 15.2 Å². The minimum Gasteiger partial charge on any atom is -0.366 e. The van der Waals surface area contributed by atoms with Crippen molar-refractivity contribution in [3.63, 3.8) is 0 Å². The van der Waals surface area contributed by atoms with E-state index in [0.717, 1.165) is 43.9 Å². The summed E-state index contributed by atoms with van der Waals surface area (Å²) in [6, 6.07) is 4.89. The molecule has 2 aliphatic heterocycles. The number of rotatable bonds is 3. The van der Waals surface area contributed by atoms with Crippen LogP contribution in [0.5, 0.6) is 0 Å². The number of piperazine rings is 1. The van der Waals surface area contributed by atoms with Gasteiger partial charge in [0.25, 0.3) is 0 Å². The first-order chi connectivity index (χ1) is 9.69. The summed E-state index contributed by atoms with van der Waals surface area (Å²) in [5.74, 6) is 0.325. The van der Waals surface area contributed by atoms with Gasteiger partial charge in [0.2, 0.25) is 5.91 Å². The highest BCUT2D eigenvalue weighted by Crippen LogP contribution is 2.26. The molecule has 0 aliphatic carbocycles. The van der Waals surface area contributed by atoms with Gasteiger partial charge in [-0.05, 0) is 32.5 Å². The van der Waals surface area contributed by atoms with Crippen LogP contribution >= 0.6 is 0 Å². The van der Waals surface area contributed by atoms with Gasteiger partial charge in [-0.2, -0.15) is 0 Å². The number of aromatic nitrogens is 1. The molecule has 108 valence electrons. The second-order valence-electron chi connectivity index (χ2n) is 5.68. The lowest BCUT2D eigenvalue weighted by Gasteiger charge is -2.38. The highest BCUT2D eigenvalue weighted by Gasteiger charge is 2.35. The maximum absolute atomic E-state index is 11.7. The Kier molecular flexibility index (Phi) is 3.61. The molecule has 0 aromatic carbocycles. The quantitative estimate of drug-likeness (QED) is 0.899. The van der Waals surface area contributed by atoms with E-state index in [2.05, 4.69) is 34.3 Å². The molecule has 0 spiro atoms. The number of fused-ring (bicyclic) bond motifs is 1. The van der Waals surface area contributed by atoms with Gasteiger partial charge in [-0.25, -0.2) is 0 Å². The Hall–Kier alpha value is -1.62. The lowest BCUT2D eigenvalue weighted by atomic mass is 10.1. The fraction of sp³-hybridized carbons (Fsp3) is 0.600. The molecule has 2 aliphatic rings. The summed E-state index contributed by atoms with van der Waals surface area (Å²) < 4.78 is 0. The molecule has 20 heavy (non-hydrogen) atoms. The Morgan fingerprint density at radius 2 is 2.25 bits per heavy atom. The van der Waals surface area contributed by atoms with Gasteiger partial charge >= 0.3 is 0 Å². The van der Waals surface area contributed by atoms with Gasteiger partial charge in [0, 0.05) is 38.1 Å². The maximum atomic E-state index is 11.7. The van der Waals surface area contributed by atoms with Gasteiger partial charge in [0.1, 0.15) is 0 Å². The van der Waals surface area contributed by atoms with Gasteiger partial charge in [-0.1, -0.05) is 0 Å². The van der Waals surface area contributed by atoms with Crippen molar-refractivity contribution >= 4 is 11.6 Å². The Morgan fingerprint density at radius 1 is 1.40 bits per heavy atom. The van der Waals surface area contributed by atoms with E-state index in [1.54, 1.807) is 0 Å². The third-order valence-corrected chi connectivity index (χ3v) is 4.51. The van der Waals surface area contributed by atoms with Crippen LogP contribution in [-0.4, -0.2) is 48.5 Å². The number of nitrogens with one attached hydrogen (secondary N) is 1. The van der Waals surface area contributed by atoms with Crippen LogP contribution in [0.2, 0.25) is 0 Å². The molecule has 5 heteroatoms. The average molecular weight is 274 g/mol. The average Bonchev–Trinajstić information content (AvgIpc) is 2.87. The molecule has 2 unspecified atom stereocenters. The van der Waals surface area contributed by atoms with Crippen LogP contribution in [0.1, 0.15) is 31.5 Å². The number of amides is 1. The summed E-state index contributed by atoms with van der Waals surface area (Å²) >= 11 is 0. The van der Waals surface area contributed by atoms with Crippen LogP contribution in [-0.2, 0) is 4.79 Å². The number of hydrogen-bond acceptors (Lipinski definition) is 4. The van der Waals surface area contributed by atoms with E-state index in [9.17, 15) is 4.79 Å². The second-order valence-corrected chi connectivity index (χ2v) is 5.68. The van der Waals surface area contributed by atoms with Crippen molar-refractivity contribution in [2.45, 2.75) is 31.8 Å². The van der Waals surface area contributed by atoms with Gasteiger partial charge in [-0.3, -0.25) is 9.78 Å². The van der Waals surface area contributed by atoms with Crippen molar-refractivity contribution in [3.05, 3.63) is 24.0 Å². The normalized spacial score (nSPS) is 23.9. The molecule has 1 aromatic heterocycles. The summed E-state index contributed by atoms with van der Waals surface area (Å²) in [6.07, 6.45) is 3.67. The third kappa shape index (κ3) is 2.38. The topological polar surface area (TPSA) is 48.5 Å². The number of carbonyl (C=O) groups is 1. The van der Waals surface area contributed by atoms with Crippen molar-refractivity contribution in [2.24, 2.45) is 0 Å². The molecule has 2 saturated heterocycles. The Bertz CT molecular complexity index is 487. The Balaban J connectivity index is 1.69. The van der Waals surface area contributed by atoms with Crippen LogP contribution in [0.3, 0.4) is 0 Å². The van der Waals surface area contributed by atoms with Gasteiger partial charge in [-0.15, -0.1) is 0 Å². The Labute approximate surface area is 120 Å². The molecule has 3 rings (SSSR count). The van der Waals surface area contributed by atoms with Gasteiger partial charge in [0.15, 0.2) is 0 Å². The van der Waals surface area contributed by atoms with Crippen LogP contribution < -0.4 is 10.2 Å². The fourth-order valence-electron chi connectivity index (χ4n) is 3.09. The molecule has 0 radical (unpaired) electrons. The lowest BCUT2D eigenvalue weighted by Crippen LogP contribution is -2.51. The minimum atomic E-state index is 0.272. The smallest absolute Gasteiger partial charge is 0.223 e. The number of carbonyl (C=O) groups excluding carboxylic acids is 1. The predicted octanol–water partition coefficient (Wildman–Crippen LogP) is 1.17. The summed E-state index contributed by atoms with van der Waals surface area (Å²) in [7, 11) is 1.94. The molecule has 3 heterocycles. The molecule has 1 N–H and O–H groups in total. The highest BCUT2D eigenvalue weighted by atomic mass is 16.2. The third-order valence-electron chi connectivity index (χ3n) is 4.51. The van der Waals surface area contributed by atoms with Crippen molar-refractivity contribution < 1.29 is 4.79 Å². The van der Waals surface area contributed by atoms with E-state index in [1.165, 1.54) is 0 Å². The molecule has 1 aromatic rings. The van der Waals surface area contributed by atoms with Crippen molar-refractivity contribution in [1.29, 1.82) is 0 Å². The van der Waals surface area contributed by atoms with Gasteiger partial charge < -0.3 is 15.1 Å². The monoisotopic (exact) mass is 274 g/mol. The van der Waals surface area contributed by atoms with Crippen molar-refractivity contribution in [3.8, 4) is 0 Å². The SMILES string of the molecule is CNC(C)c1ccc(N2CCN3C(=O)CCC3C2)cn1. The van der Waals surface area contributed by atoms with Crippen LogP contribution in [0.4, 0.5) is 5.69 Å². The van der Waals surface area contributed by atoms with Crippen LogP contribution in [0.15, 0.2) is 18.3 Å². The summed E-state index contributed by atoms with van der Waals surface area (Å²) in [5, 5.41) is 3.20. The van der Waals surface area contributed by atoms with Gasteiger partial charge in [0.05, 0.1) is 17.6 Å². The first-order valence-electron chi connectivity index (χ1n) is 7.36. The molecule has 2 fully saturated rings. The first-order valence-corrected chi connectivity index (χ1v) is 7.36. The van der Waals surface area contributed by atoms with E-state index in [-0.39, 0.29) is 6.04 Å². The van der Waals surface area contributed by atoms with Crippen LogP contribution in [0, 0.1) is 0 Å². The van der Waals surface area contributed by atoms with E-state index >= 15 is 0 Å². The summed E-state index contributed by atoms with van der Waals surface area (Å²) in [6.45, 7) is 4.79. The van der Waals surface area contributed by atoms with E-state index in [4.69, 9.17) is 0 Å². The second kappa shape index (κ2) is 5.40. The number of hydrogen-bond donors (Lipinski definition) is 1. The number of pyridine rings is 1. The maximum Gasteiger partial charge on any atom is 0.223 e. The number of anilines is 1. The van der Waals surface area contributed by atoms with E-state index in [1.807, 2.05) is 18.1 Å². The molecular weight excluding hydrogens is 252 g/mol. The van der Waals surface area contributed by atoms with Crippen LogP contribution in [0.25, 0.3) is 0 Å². The lowest BCUT2D eigenvalue weighted by molar-refractivity contribution is -0.129. The largest absolute Gasteiger partial charge is 0.366 e.